The number of ether oxygens (including phenoxy) is 1. The van der Waals surface area contributed by atoms with Gasteiger partial charge in [-0.05, 0) is 42.9 Å². The molecule has 1 aliphatic heterocycles. The van der Waals surface area contributed by atoms with E-state index in [0.29, 0.717) is 12.6 Å². The zero-order valence-corrected chi connectivity index (χ0v) is 14.5. The first-order valence-corrected chi connectivity index (χ1v) is 9.34. The van der Waals surface area contributed by atoms with Crippen molar-refractivity contribution in [3.63, 3.8) is 0 Å². The summed E-state index contributed by atoms with van der Waals surface area (Å²) in [6.07, 6.45) is 5.01. The van der Waals surface area contributed by atoms with Gasteiger partial charge in [0.05, 0.1) is 0 Å². The summed E-state index contributed by atoms with van der Waals surface area (Å²) in [5, 5.41) is 0. The summed E-state index contributed by atoms with van der Waals surface area (Å²) in [4.78, 5) is 15.4. The molecule has 1 saturated carbocycles. The first-order chi connectivity index (χ1) is 12.3. The molecule has 3 atom stereocenters. The quantitative estimate of drug-likeness (QED) is 0.761. The van der Waals surface area contributed by atoms with Crippen LogP contribution in [0.3, 0.4) is 0 Å². The highest BCUT2D eigenvalue weighted by Gasteiger charge is 2.43. The van der Waals surface area contributed by atoms with Crippen LogP contribution in [0.4, 0.5) is 0 Å². The summed E-state index contributed by atoms with van der Waals surface area (Å²) in [6.45, 7) is 1.33. The lowest BCUT2D eigenvalue weighted by atomic mass is 10.0. The predicted octanol–water partition coefficient (Wildman–Crippen LogP) is 4.35. The van der Waals surface area contributed by atoms with Crippen LogP contribution in [-0.2, 0) is 16.1 Å². The van der Waals surface area contributed by atoms with E-state index in [4.69, 9.17) is 4.74 Å². The third-order valence-corrected chi connectivity index (χ3v) is 5.70. The Bertz CT molecular complexity index is 700. The monoisotopic (exact) mass is 335 g/mol. The van der Waals surface area contributed by atoms with Gasteiger partial charge >= 0.3 is 5.97 Å². The van der Waals surface area contributed by atoms with Gasteiger partial charge < -0.3 is 4.74 Å². The number of carbonyl (C=O) groups excluding carboxylic acids is 1. The molecule has 0 amide bonds. The van der Waals surface area contributed by atoms with Crippen molar-refractivity contribution in [3.05, 3.63) is 71.8 Å². The second-order valence-electron chi connectivity index (χ2n) is 7.19. The average Bonchev–Trinajstić information content (AvgIpc) is 3.27. The largest absolute Gasteiger partial charge is 0.459 e. The Morgan fingerprint density at radius 3 is 2.48 bits per heavy atom. The standard InChI is InChI=1S/C22H25NO2/c24-22(25-16-17-8-3-1-4-9-17)21(19-10-5-2-6-11-19)23-15-14-18-12-7-13-20(18)23/h1-6,8-11,18,20-21H,7,12-16H2/t18-,20-,21+/m1/s1. The normalized spacial score (nSPS) is 24.0. The topological polar surface area (TPSA) is 29.5 Å². The molecule has 0 N–H and O–H groups in total. The number of hydrogen-bond acceptors (Lipinski definition) is 3. The van der Waals surface area contributed by atoms with E-state index in [-0.39, 0.29) is 12.0 Å². The fourth-order valence-corrected chi connectivity index (χ4v) is 4.50. The number of esters is 1. The van der Waals surface area contributed by atoms with Crippen LogP contribution in [0.1, 0.15) is 42.9 Å². The maximum Gasteiger partial charge on any atom is 0.328 e. The smallest absolute Gasteiger partial charge is 0.328 e. The highest BCUT2D eigenvalue weighted by molar-refractivity contribution is 5.77. The van der Waals surface area contributed by atoms with Crippen molar-refractivity contribution >= 4 is 5.97 Å². The summed E-state index contributed by atoms with van der Waals surface area (Å²) in [5.74, 6) is 0.635. The molecule has 0 aromatic heterocycles. The Balaban J connectivity index is 1.54. The van der Waals surface area contributed by atoms with Crippen LogP contribution in [0.2, 0.25) is 0 Å². The maximum absolute atomic E-state index is 13.0. The minimum Gasteiger partial charge on any atom is -0.459 e. The van der Waals surface area contributed by atoms with Crippen LogP contribution in [-0.4, -0.2) is 23.5 Å². The second-order valence-corrected chi connectivity index (χ2v) is 7.19. The van der Waals surface area contributed by atoms with Gasteiger partial charge in [0.25, 0.3) is 0 Å². The van der Waals surface area contributed by atoms with Gasteiger partial charge in [-0.1, -0.05) is 67.1 Å². The number of carbonyl (C=O) groups is 1. The van der Waals surface area contributed by atoms with Crippen LogP contribution >= 0.6 is 0 Å². The summed E-state index contributed by atoms with van der Waals surface area (Å²) >= 11 is 0. The van der Waals surface area contributed by atoms with Gasteiger partial charge in [0.15, 0.2) is 0 Å². The molecule has 3 heteroatoms. The number of likely N-dealkylation sites (tertiary alicyclic amines) is 1. The fourth-order valence-electron chi connectivity index (χ4n) is 4.50. The van der Waals surface area contributed by atoms with E-state index in [9.17, 15) is 4.79 Å². The van der Waals surface area contributed by atoms with Crippen molar-refractivity contribution in [2.45, 2.75) is 44.4 Å². The van der Waals surface area contributed by atoms with Crippen molar-refractivity contribution < 1.29 is 9.53 Å². The van der Waals surface area contributed by atoms with Crippen LogP contribution < -0.4 is 0 Å². The van der Waals surface area contributed by atoms with E-state index in [2.05, 4.69) is 17.0 Å². The van der Waals surface area contributed by atoms with E-state index in [1.165, 1.54) is 25.7 Å². The number of benzene rings is 2. The third-order valence-electron chi connectivity index (χ3n) is 5.70. The molecule has 25 heavy (non-hydrogen) atoms. The number of nitrogens with zero attached hydrogens (tertiary/aromatic N) is 1. The van der Waals surface area contributed by atoms with Crippen LogP contribution in [0, 0.1) is 5.92 Å². The van der Waals surface area contributed by atoms with Crippen LogP contribution in [0.15, 0.2) is 60.7 Å². The number of hydrogen-bond donors (Lipinski definition) is 0. The molecular weight excluding hydrogens is 310 g/mol. The molecule has 3 nitrogen and oxygen atoms in total. The summed E-state index contributed by atoms with van der Waals surface area (Å²) in [5.41, 5.74) is 2.08. The zero-order valence-electron chi connectivity index (χ0n) is 14.5. The second kappa shape index (κ2) is 7.40. The summed E-state index contributed by atoms with van der Waals surface area (Å²) in [6, 6.07) is 20.3. The highest BCUT2D eigenvalue weighted by Crippen LogP contribution is 2.42. The molecule has 1 heterocycles. The van der Waals surface area contributed by atoms with E-state index in [1.54, 1.807) is 0 Å². The Labute approximate surface area is 149 Å². The molecule has 0 spiro atoms. The molecule has 2 aromatic carbocycles. The molecular formula is C22H25NO2. The predicted molar refractivity (Wildman–Crippen MR) is 97.9 cm³/mol. The molecule has 0 unspecified atom stereocenters. The zero-order chi connectivity index (χ0) is 17.1. The first kappa shape index (κ1) is 16.3. The lowest BCUT2D eigenvalue weighted by molar-refractivity contribution is -0.152. The minimum atomic E-state index is -0.280. The van der Waals surface area contributed by atoms with Crippen molar-refractivity contribution in [3.8, 4) is 0 Å². The lowest BCUT2D eigenvalue weighted by Gasteiger charge is -2.31. The summed E-state index contributed by atoms with van der Waals surface area (Å²) < 4.78 is 5.72. The lowest BCUT2D eigenvalue weighted by Crippen LogP contribution is -2.39. The number of rotatable bonds is 5. The van der Waals surface area contributed by atoms with Crippen molar-refractivity contribution in [2.75, 3.05) is 6.54 Å². The van der Waals surface area contributed by atoms with Crippen molar-refractivity contribution in [1.29, 1.82) is 0 Å². The SMILES string of the molecule is O=C(OCc1ccccc1)[C@H](c1ccccc1)N1CC[C@H]2CCC[C@H]21. The molecule has 2 aliphatic rings. The van der Waals surface area contributed by atoms with Gasteiger partial charge in [-0.3, -0.25) is 4.90 Å². The molecule has 0 bridgehead atoms. The Kier molecular flexibility index (Phi) is 4.84. The Morgan fingerprint density at radius 1 is 1.00 bits per heavy atom. The number of fused-ring (bicyclic) bond motifs is 1. The van der Waals surface area contributed by atoms with E-state index >= 15 is 0 Å². The van der Waals surface area contributed by atoms with E-state index in [0.717, 1.165) is 23.6 Å². The van der Waals surface area contributed by atoms with Crippen molar-refractivity contribution in [2.24, 2.45) is 5.92 Å². The highest BCUT2D eigenvalue weighted by atomic mass is 16.5. The molecule has 1 saturated heterocycles. The molecule has 4 rings (SSSR count). The maximum atomic E-state index is 13.0. The van der Waals surface area contributed by atoms with Gasteiger partial charge in [-0.2, -0.15) is 0 Å². The van der Waals surface area contributed by atoms with Gasteiger partial charge in [-0.25, -0.2) is 4.79 Å². The minimum absolute atomic E-state index is 0.123. The van der Waals surface area contributed by atoms with Gasteiger partial charge in [-0.15, -0.1) is 0 Å². The van der Waals surface area contributed by atoms with E-state index < -0.39 is 0 Å². The fraction of sp³-hybridized carbons (Fsp3) is 0.409. The van der Waals surface area contributed by atoms with Gasteiger partial charge in [0.2, 0.25) is 0 Å². The van der Waals surface area contributed by atoms with Crippen LogP contribution in [0.25, 0.3) is 0 Å². The summed E-state index contributed by atoms with van der Waals surface area (Å²) in [7, 11) is 0. The average molecular weight is 335 g/mol. The first-order valence-electron chi connectivity index (χ1n) is 9.34. The van der Waals surface area contributed by atoms with Crippen LogP contribution in [0.5, 0.6) is 0 Å². The molecule has 0 radical (unpaired) electrons. The van der Waals surface area contributed by atoms with Gasteiger partial charge in [0.1, 0.15) is 12.6 Å². The molecule has 130 valence electrons. The Hall–Kier alpha value is -2.13. The molecule has 1 aliphatic carbocycles. The third kappa shape index (κ3) is 3.47. The molecule has 2 fully saturated rings. The van der Waals surface area contributed by atoms with Crippen molar-refractivity contribution in [1.82, 2.24) is 4.90 Å². The van der Waals surface area contributed by atoms with E-state index in [1.807, 2.05) is 48.5 Å². The van der Waals surface area contributed by atoms with Gasteiger partial charge in [0, 0.05) is 6.04 Å². The molecule has 2 aromatic rings. The Morgan fingerprint density at radius 2 is 1.72 bits per heavy atom.